The molecule has 2 aromatic carbocycles. The van der Waals surface area contributed by atoms with Crippen LogP contribution in [0.1, 0.15) is 55.4 Å². The zero-order valence-electron chi connectivity index (χ0n) is 21.8. The summed E-state index contributed by atoms with van der Waals surface area (Å²) < 4.78 is 13.1. The number of carbonyl (C=O) groups is 1. The number of rotatable bonds is 7. The molecule has 1 fully saturated rings. The molecule has 0 bridgehead atoms. The summed E-state index contributed by atoms with van der Waals surface area (Å²) in [5.74, 6) is 0.722. The Kier molecular flexibility index (Phi) is 7.46. The van der Waals surface area contributed by atoms with Crippen molar-refractivity contribution in [2.24, 2.45) is 5.92 Å². The molecule has 2 aromatic rings. The summed E-state index contributed by atoms with van der Waals surface area (Å²) >= 11 is 0. The van der Waals surface area contributed by atoms with Crippen molar-refractivity contribution in [3.63, 3.8) is 0 Å². The maximum Gasteiger partial charge on any atom is 0.417 e. The molecule has 182 valence electrons. The van der Waals surface area contributed by atoms with Crippen molar-refractivity contribution in [1.82, 2.24) is 4.90 Å². The fraction of sp³-hybridized carbons (Fsp3) is 0.414. The Balaban J connectivity index is 2.28. The van der Waals surface area contributed by atoms with E-state index in [4.69, 9.17) is 9.16 Å². The van der Waals surface area contributed by atoms with Crippen LogP contribution in [0.4, 0.5) is 4.79 Å². The van der Waals surface area contributed by atoms with Crippen LogP contribution in [0.3, 0.4) is 0 Å². The molecule has 0 unspecified atom stereocenters. The molecule has 34 heavy (non-hydrogen) atoms. The molecule has 3 rings (SSSR count). The van der Waals surface area contributed by atoms with Crippen LogP contribution in [0.2, 0.25) is 5.04 Å². The highest BCUT2D eigenvalue weighted by Crippen LogP contribution is 2.42. The van der Waals surface area contributed by atoms with Gasteiger partial charge < -0.3 is 9.16 Å². The largest absolute Gasteiger partial charge is 0.522 e. The maximum absolute atomic E-state index is 13.3. The summed E-state index contributed by atoms with van der Waals surface area (Å²) in [7, 11) is -2.92. The van der Waals surface area contributed by atoms with Crippen LogP contribution in [-0.4, -0.2) is 31.0 Å². The number of nitrogens with zero attached hydrogens (tertiary/aromatic N) is 1. The smallest absolute Gasteiger partial charge is 0.417 e. The lowest BCUT2D eigenvalue weighted by molar-refractivity contribution is 0.0546. The van der Waals surface area contributed by atoms with E-state index in [-0.39, 0.29) is 23.1 Å². The number of hydrogen-bond acceptors (Lipinski definition) is 3. The van der Waals surface area contributed by atoms with Crippen LogP contribution in [0, 0.1) is 5.92 Å². The minimum atomic E-state index is -2.92. The monoisotopic (exact) mass is 477 g/mol. The van der Waals surface area contributed by atoms with Gasteiger partial charge in [0.2, 0.25) is 0 Å². The number of hydrogen-bond donors (Lipinski definition) is 0. The van der Waals surface area contributed by atoms with E-state index in [2.05, 4.69) is 83.1 Å². The second-order valence-electron chi connectivity index (χ2n) is 10.8. The summed E-state index contributed by atoms with van der Waals surface area (Å²) in [5, 5.41) is 2.10. The lowest BCUT2D eigenvalue weighted by atomic mass is 9.89. The Morgan fingerprint density at radius 1 is 1.03 bits per heavy atom. The second kappa shape index (κ2) is 9.83. The first kappa shape index (κ1) is 25.8. The van der Waals surface area contributed by atoms with Gasteiger partial charge in [0.1, 0.15) is 5.60 Å². The zero-order valence-corrected chi connectivity index (χ0v) is 22.8. The zero-order chi connectivity index (χ0) is 25.1. The van der Waals surface area contributed by atoms with Crippen LogP contribution in [-0.2, 0) is 9.16 Å². The quantitative estimate of drug-likeness (QED) is 0.269. The van der Waals surface area contributed by atoms with Gasteiger partial charge in [-0.2, -0.15) is 0 Å². The van der Waals surface area contributed by atoms with Gasteiger partial charge in [-0.15, -0.1) is 0 Å². The number of benzene rings is 2. The number of amides is 1. The standard InChI is InChI=1S/C29H39NO3Si/c1-9-10-21-25(30-26(22(2)3)29(7,8)32-27(30)31)33-34(28(4,5)6,23-17-13-11-14-18-23)24-19-15-12-16-20-24/h9-22,26H,1-8H3/b10-9+,25-21-/t26-/m0/s1. The van der Waals surface area contributed by atoms with Crippen molar-refractivity contribution in [1.29, 1.82) is 0 Å². The fourth-order valence-corrected chi connectivity index (χ4v) is 9.65. The Morgan fingerprint density at radius 3 is 1.94 bits per heavy atom. The van der Waals surface area contributed by atoms with E-state index in [9.17, 15) is 4.79 Å². The first-order chi connectivity index (χ1) is 16.0. The molecule has 1 aliphatic heterocycles. The Morgan fingerprint density at radius 2 is 1.53 bits per heavy atom. The van der Waals surface area contributed by atoms with Gasteiger partial charge in [-0.1, -0.05) is 107 Å². The third-order valence-electron chi connectivity index (χ3n) is 6.51. The highest BCUT2D eigenvalue weighted by atomic mass is 28.4. The van der Waals surface area contributed by atoms with Gasteiger partial charge in [0.15, 0.2) is 5.88 Å². The average molecular weight is 478 g/mol. The first-order valence-electron chi connectivity index (χ1n) is 12.1. The number of cyclic esters (lactones) is 1. The first-order valence-corrected chi connectivity index (χ1v) is 14.0. The van der Waals surface area contributed by atoms with Crippen molar-refractivity contribution >= 4 is 24.8 Å². The molecule has 0 N–H and O–H groups in total. The van der Waals surface area contributed by atoms with Gasteiger partial charge in [-0.05, 0) is 48.2 Å². The number of carbonyl (C=O) groups excluding carboxylic acids is 1. The molecule has 1 amide bonds. The molecule has 1 atom stereocenters. The Labute approximate surface area is 206 Å². The fourth-order valence-electron chi connectivity index (χ4n) is 5.24. The minimum Gasteiger partial charge on any atom is -0.522 e. The summed E-state index contributed by atoms with van der Waals surface area (Å²) in [5.41, 5.74) is -0.630. The number of ether oxygens (including phenoxy) is 1. The van der Waals surface area contributed by atoms with E-state index in [1.54, 1.807) is 4.90 Å². The van der Waals surface area contributed by atoms with Gasteiger partial charge in [-0.3, -0.25) is 0 Å². The van der Waals surface area contributed by atoms with Crippen molar-refractivity contribution in [3.05, 3.63) is 84.8 Å². The van der Waals surface area contributed by atoms with Crippen molar-refractivity contribution in [2.45, 2.75) is 72.1 Å². The van der Waals surface area contributed by atoms with Gasteiger partial charge in [0.05, 0.1) is 6.04 Å². The summed E-state index contributed by atoms with van der Waals surface area (Å²) in [4.78, 5) is 15.0. The molecule has 0 aliphatic carbocycles. The highest BCUT2D eigenvalue weighted by molar-refractivity contribution is 6.99. The third kappa shape index (κ3) is 4.71. The maximum atomic E-state index is 13.3. The van der Waals surface area contributed by atoms with Crippen LogP contribution < -0.4 is 10.4 Å². The molecule has 1 aliphatic rings. The van der Waals surface area contributed by atoms with Crippen LogP contribution in [0.5, 0.6) is 0 Å². The molecule has 4 nitrogen and oxygen atoms in total. The Hall–Kier alpha value is -2.79. The van der Waals surface area contributed by atoms with Crippen molar-refractivity contribution < 1.29 is 14.0 Å². The van der Waals surface area contributed by atoms with E-state index >= 15 is 0 Å². The molecule has 1 saturated heterocycles. The predicted molar refractivity (Wildman–Crippen MR) is 143 cm³/mol. The van der Waals surface area contributed by atoms with E-state index in [0.717, 1.165) is 10.4 Å². The average Bonchev–Trinajstić information content (AvgIpc) is 3.02. The summed E-state index contributed by atoms with van der Waals surface area (Å²) in [6.45, 7) is 16.9. The lowest BCUT2D eigenvalue weighted by Gasteiger charge is -2.45. The van der Waals surface area contributed by atoms with Crippen LogP contribution in [0.15, 0.2) is 84.8 Å². The second-order valence-corrected chi connectivity index (χ2v) is 15.0. The van der Waals surface area contributed by atoms with Crippen molar-refractivity contribution in [3.8, 4) is 0 Å². The molecule has 0 radical (unpaired) electrons. The Bertz CT molecular complexity index is 997. The summed E-state index contributed by atoms with van der Waals surface area (Å²) in [6.07, 6.45) is 5.43. The predicted octanol–water partition coefficient (Wildman–Crippen LogP) is 6.24. The molecule has 0 spiro atoms. The molecule has 5 heteroatoms. The van der Waals surface area contributed by atoms with Crippen LogP contribution in [0.25, 0.3) is 0 Å². The molecule has 0 aromatic heterocycles. The van der Waals surface area contributed by atoms with Gasteiger partial charge >= 0.3 is 14.4 Å². The third-order valence-corrected chi connectivity index (χ3v) is 11.4. The number of allylic oxidation sites excluding steroid dienone is 3. The van der Waals surface area contributed by atoms with Gasteiger partial charge in [-0.25, -0.2) is 9.69 Å². The highest BCUT2D eigenvalue weighted by Gasteiger charge is 2.56. The topological polar surface area (TPSA) is 38.8 Å². The summed E-state index contributed by atoms with van der Waals surface area (Å²) in [6, 6.07) is 20.8. The van der Waals surface area contributed by atoms with Crippen LogP contribution >= 0.6 is 0 Å². The van der Waals surface area contributed by atoms with E-state index in [1.165, 1.54) is 0 Å². The van der Waals surface area contributed by atoms with Crippen molar-refractivity contribution in [2.75, 3.05) is 0 Å². The van der Waals surface area contributed by atoms with Gasteiger partial charge in [0.25, 0.3) is 0 Å². The molecule has 1 heterocycles. The normalized spacial score (nSPS) is 19.1. The molecule has 0 saturated carbocycles. The van der Waals surface area contributed by atoms with E-state index in [1.807, 2.05) is 51.1 Å². The van der Waals surface area contributed by atoms with Gasteiger partial charge in [0, 0.05) is 0 Å². The van der Waals surface area contributed by atoms with E-state index in [0.29, 0.717) is 5.88 Å². The molecular formula is C29H39NO3Si. The minimum absolute atomic E-state index is 0.158. The molecular weight excluding hydrogens is 438 g/mol. The SMILES string of the molecule is C/C=C/C=C(\O[Si](c1ccccc1)(c1ccccc1)C(C)(C)C)N1C(=O)OC(C)(C)[C@@H]1C(C)C. The lowest BCUT2D eigenvalue weighted by Crippen LogP contribution is -2.67. The van der Waals surface area contributed by atoms with E-state index < -0.39 is 13.9 Å².